The van der Waals surface area contributed by atoms with Crippen LogP contribution in [0.4, 0.5) is 19.0 Å². The average Bonchev–Trinajstić information content (AvgIpc) is 3.59. The Labute approximate surface area is 214 Å². The van der Waals surface area contributed by atoms with Crippen LogP contribution in [0.2, 0.25) is 5.02 Å². The van der Waals surface area contributed by atoms with Gasteiger partial charge in [-0.05, 0) is 30.5 Å². The fourth-order valence-electron chi connectivity index (χ4n) is 5.03. The molecule has 3 aliphatic rings. The van der Waals surface area contributed by atoms with Gasteiger partial charge in [0, 0.05) is 18.6 Å². The van der Waals surface area contributed by atoms with E-state index in [4.69, 9.17) is 30.5 Å². The summed E-state index contributed by atoms with van der Waals surface area (Å²) >= 11 is 6.46. The first kappa shape index (κ1) is 24.5. The van der Waals surface area contributed by atoms with Crippen molar-refractivity contribution >= 4 is 28.6 Å². The second kappa shape index (κ2) is 9.19. The van der Waals surface area contributed by atoms with Gasteiger partial charge in [-0.1, -0.05) is 11.6 Å². The summed E-state index contributed by atoms with van der Waals surface area (Å²) in [5, 5.41) is 13.4. The van der Waals surface area contributed by atoms with Gasteiger partial charge in [0.05, 0.1) is 29.8 Å². The number of hydrogen-bond acceptors (Lipinski definition) is 8. The van der Waals surface area contributed by atoms with Crippen LogP contribution < -0.4 is 14.8 Å². The van der Waals surface area contributed by atoms with E-state index in [1.165, 1.54) is 0 Å². The fraction of sp³-hybridized carbons (Fsp3) is 0.500. The third-order valence-electron chi connectivity index (χ3n) is 6.69. The molecule has 2 aliphatic heterocycles. The molecule has 9 nitrogen and oxygen atoms in total. The highest BCUT2D eigenvalue weighted by Crippen LogP contribution is 2.39. The summed E-state index contributed by atoms with van der Waals surface area (Å²) in [4.78, 5) is 11.9. The van der Waals surface area contributed by atoms with E-state index in [1.807, 2.05) is 0 Å². The molecule has 1 unspecified atom stereocenters. The van der Waals surface area contributed by atoms with Crippen LogP contribution in [0.15, 0.2) is 18.2 Å². The summed E-state index contributed by atoms with van der Waals surface area (Å²) in [7, 11) is 0. The smallest absolute Gasteiger partial charge is 0.296 e. The molecule has 2 fully saturated rings. The minimum Gasteiger partial charge on any atom is -0.487 e. The van der Waals surface area contributed by atoms with E-state index in [2.05, 4.69) is 20.3 Å². The zero-order chi connectivity index (χ0) is 25.9. The van der Waals surface area contributed by atoms with Gasteiger partial charge in [0.1, 0.15) is 35.7 Å². The molecule has 0 bridgehead atoms. The summed E-state index contributed by atoms with van der Waals surface area (Å²) in [5.41, 5.74) is 1.98. The lowest BCUT2D eigenvalue weighted by atomic mass is 10.1. The molecule has 1 aliphatic carbocycles. The number of fused-ring (bicyclic) bond motifs is 3. The standard InChI is InChI=1S/C24H24ClF3N4O5/c1-24(27,28)9-36-11-4-10-2-3-14(18(10)13(26)5-11)29-21-12(25)6-15-22(31-21)32-23(30-15)37-17-8-35-19-16(33)7-34-20(17)19/h4-6,14,16-17,19-20,33H,2-3,7-9H2,1H3,(H2,29,30,31,32)/t14?,16-,17-,19-,20-/m1/s1. The summed E-state index contributed by atoms with van der Waals surface area (Å²) in [6, 6.07) is 4.13. The highest BCUT2D eigenvalue weighted by Gasteiger charge is 2.48. The summed E-state index contributed by atoms with van der Waals surface area (Å²) in [5.74, 6) is -3.18. The van der Waals surface area contributed by atoms with Crippen LogP contribution in [0.1, 0.15) is 30.5 Å². The van der Waals surface area contributed by atoms with Gasteiger partial charge in [-0.25, -0.2) is 18.2 Å². The van der Waals surface area contributed by atoms with Crippen molar-refractivity contribution in [2.24, 2.45) is 0 Å². The zero-order valence-electron chi connectivity index (χ0n) is 19.6. The number of benzene rings is 1. The predicted octanol–water partition coefficient (Wildman–Crippen LogP) is 3.79. The maximum absolute atomic E-state index is 15.0. The first-order valence-corrected chi connectivity index (χ1v) is 12.3. The maximum Gasteiger partial charge on any atom is 0.296 e. The van der Waals surface area contributed by atoms with Crippen LogP contribution in [0.25, 0.3) is 11.2 Å². The topological polar surface area (TPSA) is 111 Å². The van der Waals surface area contributed by atoms with Crippen molar-refractivity contribution in [2.45, 2.75) is 56.1 Å². The van der Waals surface area contributed by atoms with E-state index >= 15 is 0 Å². The highest BCUT2D eigenvalue weighted by atomic mass is 35.5. The summed E-state index contributed by atoms with van der Waals surface area (Å²) in [6.45, 7) is 0.359. The molecule has 4 heterocycles. The predicted molar refractivity (Wildman–Crippen MR) is 126 cm³/mol. The van der Waals surface area contributed by atoms with Crippen molar-refractivity contribution < 1.29 is 37.2 Å². The lowest BCUT2D eigenvalue weighted by molar-refractivity contribution is -0.0230. The van der Waals surface area contributed by atoms with Gasteiger partial charge in [0.25, 0.3) is 11.9 Å². The Morgan fingerprint density at radius 2 is 2.03 bits per heavy atom. The number of pyridine rings is 1. The largest absolute Gasteiger partial charge is 0.487 e. The number of alkyl halides is 2. The van der Waals surface area contributed by atoms with Gasteiger partial charge in [-0.2, -0.15) is 4.98 Å². The minimum absolute atomic E-state index is 0.0663. The number of H-pyrrole nitrogens is 1. The summed E-state index contributed by atoms with van der Waals surface area (Å²) in [6.07, 6.45) is -0.853. The normalized spacial score (nSPS) is 26.9. The molecule has 3 N–H and O–H groups in total. The number of nitrogens with one attached hydrogen (secondary N) is 2. The molecular weight excluding hydrogens is 517 g/mol. The molecule has 2 saturated heterocycles. The van der Waals surface area contributed by atoms with Gasteiger partial charge in [-0.3, -0.25) is 0 Å². The minimum atomic E-state index is -3.02. The third kappa shape index (κ3) is 4.78. The van der Waals surface area contributed by atoms with E-state index < -0.39 is 48.8 Å². The van der Waals surface area contributed by atoms with Crippen LogP contribution >= 0.6 is 11.6 Å². The first-order chi connectivity index (χ1) is 17.6. The van der Waals surface area contributed by atoms with Crippen molar-refractivity contribution in [3.8, 4) is 11.8 Å². The number of ether oxygens (including phenoxy) is 4. The molecular formula is C24H24ClF3N4O5. The molecule has 3 aromatic rings. The Kier molecular flexibility index (Phi) is 6.09. The van der Waals surface area contributed by atoms with E-state index in [0.29, 0.717) is 46.0 Å². The van der Waals surface area contributed by atoms with Crippen molar-refractivity contribution in [1.82, 2.24) is 15.0 Å². The lowest BCUT2D eigenvalue weighted by Gasteiger charge is -2.17. The fourth-order valence-corrected chi connectivity index (χ4v) is 5.24. The number of aromatic nitrogens is 3. The van der Waals surface area contributed by atoms with Gasteiger partial charge in [-0.15, -0.1) is 0 Å². The molecule has 0 amide bonds. The molecule has 13 heteroatoms. The van der Waals surface area contributed by atoms with Gasteiger partial charge in [0.2, 0.25) is 0 Å². The Balaban J connectivity index is 1.18. The van der Waals surface area contributed by atoms with E-state index in [0.717, 1.165) is 13.0 Å². The molecule has 5 atom stereocenters. The van der Waals surface area contributed by atoms with Crippen LogP contribution in [-0.2, 0) is 15.9 Å². The van der Waals surface area contributed by atoms with Crippen molar-refractivity contribution in [1.29, 1.82) is 0 Å². The number of rotatable bonds is 7. The molecule has 0 saturated carbocycles. The van der Waals surface area contributed by atoms with Crippen molar-refractivity contribution in [3.63, 3.8) is 0 Å². The Morgan fingerprint density at radius 3 is 2.84 bits per heavy atom. The van der Waals surface area contributed by atoms with Crippen LogP contribution in [0.5, 0.6) is 11.8 Å². The summed E-state index contributed by atoms with van der Waals surface area (Å²) < 4.78 is 63.3. The van der Waals surface area contributed by atoms with Gasteiger partial charge < -0.3 is 34.4 Å². The zero-order valence-corrected chi connectivity index (χ0v) is 20.4. The number of aliphatic hydroxyl groups excluding tert-OH is 1. The molecule has 0 radical (unpaired) electrons. The Hall–Kier alpha value is -2.80. The number of anilines is 1. The third-order valence-corrected chi connectivity index (χ3v) is 6.98. The molecule has 0 spiro atoms. The number of imidazole rings is 1. The number of aliphatic hydroxyl groups is 1. The van der Waals surface area contributed by atoms with Gasteiger partial charge in [0.15, 0.2) is 18.4 Å². The molecule has 6 rings (SSSR count). The van der Waals surface area contributed by atoms with Crippen LogP contribution in [0.3, 0.4) is 0 Å². The van der Waals surface area contributed by atoms with E-state index in [-0.39, 0.29) is 25.0 Å². The molecule has 37 heavy (non-hydrogen) atoms. The highest BCUT2D eigenvalue weighted by molar-refractivity contribution is 6.33. The quantitative estimate of drug-likeness (QED) is 0.415. The van der Waals surface area contributed by atoms with E-state index in [1.54, 1.807) is 12.1 Å². The van der Waals surface area contributed by atoms with Crippen molar-refractivity contribution in [3.05, 3.63) is 40.2 Å². The van der Waals surface area contributed by atoms with Crippen molar-refractivity contribution in [2.75, 3.05) is 25.1 Å². The SMILES string of the molecule is CC(F)(F)COc1cc(F)c2c(c1)CCC2Nc1nc2nc(O[C@@H]3CO[C@H]4[C@@H]3OC[C@H]4O)[nH]c2cc1Cl. The second-order valence-corrected chi connectivity index (χ2v) is 10.0. The number of hydrogen-bond donors (Lipinski definition) is 3. The number of aromatic amines is 1. The van der Waals surface area contributed by atoms with E-state index in [9.17, 15) is 18.3 Å². The number of halogens is 4. The molecule has 2 aromatic heterocycles. The average molecular weight is 541 g/mol. The Bertz CT molecular complexity index is 1340. The molecule has 1 aromatic carbocycles. The Morgan fingerprint density at radius 1 is 1.22 bits per heavy atom. The second-order valence-electron chi connectivity index (χ2n) is 9.62. The van der Waals surface area contributed by atoms with Gasteiger partial charge >= 0.3 is 0 Å². The van der Waals surface area contributed by atoms with Crippen LogP contribution in [0, 0.1) is 5.82 Å². The first-order valence-electron chi connectivity index (χ1n) is 11.9. The number of aryl methyl sites for hydroxylation is 1. The van der Waals surface area contributed by atoms with Crippen LogP contribution in [-0.4, -0.2) is 70.2 Å². The maximum atomic E-state index is 15.0. The number of nitrogens with zero attached hydrogens (tertiary/aromatic N) is 2. The lowest BCUT2D eigenvalue weighted by Crippen LogP contribution is -2.34. The monoisotopic (exact) mass is 540 g/mol. The molecule has 198 valence electrons.